The van der Waals surface area contributed by atoms with Gasteiger partial charge in [0.2, 0.25) is 0 Å². The van der Waals surface area contributed by atoms with Crippen LogP contribution in [0.4, 0.5) is 0 Å². The summed E-state index contributed by atoms with van der Waals surface area (Å²) in [4.78, 5) is 13.1. The van der Waals surface area contributed by atoms with Crippen LogP contribution in [-0.4, -0.2) is 19.5 Å². The third-order valence-electron chi connectivity index (χ3n) is 2.34. The van der Waals surface area contributed by atoms with E-state index >= 15 is 0 Å². The summed E-state index contributed by atoms with van der Waals surface area (Å²) in [5.41, 5.74) is 3.52. The molecule has 0 saturated heterocycles. The molecule has 0 aliphatic heterocycles. The van der Waals surface area contributed by atoms with Gasteiger partial charge in [0.15, 0.2) is 11.3 Å². The van der Waals surface area contributed by atoms with Crippen molar-refractivity contribution in [2.45, 2.75) is 20.8 Å². The second kappa shape index (κ2) is 2.52. The van der Waals surface area contributed by atoms with E-state index in [1.807, 2.05) is 32.4 Å². The van der Waals surface area contributed by atoms with Gasteiger partial charge in [0.05, 0.1) is 11.4 Å². The third-order valence-corrected chi connectivity index (χ3v) is 2.34. The second-order valence-corrected chi connectivity index (χ2v) is 3.26. The van der Waals surface area contributed by atoms with Gasteiger partial charge in [-0.15, -0.1) is 0 Å². The predicted molar refractivity (Wildman–Crippen MR) is 50.5 cm³/mol. The van der Waals surface area contributed by atoms with Crippen molar-refractivity contribution < 1.29 is 0 Å². The molecule has 2 rings (SSSR count). The van der Waals surface area contributed by atoms with E-state index in [-0.39, 0.29) is 0 Å². The molecule has 0 radical (unpaired) electrons. The maximum atomic E-state index is 4.43. The Balaban J connectivity index is 2.89. The Kier molecular flexibility index (Phi) is 1.58. The fraction of sp³-hybridized carbons (Fsp3) is 0.444. The molecule has 13 heavy (non-hydrogen) atoms. The van der Waals surface area contributed by atoms with Crippen LogP contribution in [0.5, 0.6) is 0 Å². The van der Waals surface area contributed by atoms with Crippen molar-refractivity contribution in [1.82, 2.24) is 19.5 Å². The van der Waals surface area contributed by atoms with Crippen molar-refractivity contribution >= 4 is 11.3 Å². The Labute approximate surface area is 76.7 Å². The monoisotopic (exact) mass is 176 g/mol. The lowest BCUT2D eigenvalue weighted by atomic mass is 10.3. The topological polar surface area (TPSA) is 43.6 Å². The fourth-order valence-electron chi connectivity index (χ4n) is 1.26. The minimum Gasteiger partial charge on any atom is -0.315 e. The van der Waals surface area contributed by atoms with E-state index in [1.54, 1.807) is 0 Å². The first kappa shape index (κ1) is 8.16. The van der Waals surface area contributed by atoms with Gasteiger partial charge in [0.25, 0.3) is 0 Å². The molecule has 0 N–H and O–H groups in total. The molecule has 0 amide bonds. The van der Waals surface area contributed by atoms with Crippen LogP contribution < -0.4 is 0 Å². The number of fused-ring (bicyclic) bond motifs is 1. The van der Waals surface area contributed by atoms with Gasteiger partial charge in [-0.1, -0.05) is 0 Å². The number of nitrogens with zero attached hydrogens (tertiary/aromatic N) is 4. The Morgan fingerprint density at radius 1 is 0.923 bits per heavy atom. The summed E-state index contributed by atoms with van der Waals surface area (Å²) >= 11 is 0. The van der Waals surface area contributed by atoms with E-state index in [4.69, 9.17) is 0 Å². The van der Waals surface area contributed by atoms with Crippen LogP contribution in [0.2, 0.25) is 0 Å². The maximum absolute atomic E-state index is 4.43. The van der Waals surface area contributed by atoms with Crippen molar-refractivity contribution in [3.8, 4) is 0 Å². The van der Waals surface area contributed by atoms with Gasteiger partial charge in [-0.2, -0.15) is 0 Å². The van der Waals surface area contributed by atoms with Crippen LogP contribution in [0.3, 0.4) is 0 Å². The van der Waals surface area contributed by atoms with E-state index in [0.29, 0.717) is 0 Å². The van der Waals surface area contributed by atoms with Crippen molar-refractivity contribution in [2.24, 2.45) is 7.05 Å². The number of aromatic nitrogens is 4. The molecule has 2 aromatic heterocycles. The Hall–Kier alpha value is -1.45. The molecule has 0 spiro atoms. The van der Waals surface area contributed by atoms with Gasteiger partial charge in [-0.05, 0) is 20.8 Å². The molecule has 4 heteroatoms. The quantitative estimate of drug-likeness (QED) is 0.607. The molecule has 0 fully saturated rings. The Bertz CT molecular complexity index is 470. The highest BCUT2D eigenvalue weighted by molar-refractivity contribution is 5.66. The zero-order valence-electron chi connectivity index (χ0n) is 8.29. The first-order chi connectivity index (χ1) is 6.09. The summed E-state index contributed by atoms with van der Waals surface area (Å²) in [6, 6.07) is 0. The van der Waals surface area contributed by atoms with Gasteiger partial charge in [-0.3, -0.25) is 0 Å². The summed E-state index contributed by atoms with van der Waals surface area (Å²) in [6.45, 7) is 5.86. The van der Waals surface area contributed by atoms with E-state index in [1.165, 1.54) is 0 Å². The molecule has 0 unspecified atom stereocenters. The number of hydrogen-bond acceptors (Lipinski definition) is 3. The molecule has 2 heterocycles. The van der Waals surface area contributed by atoms with Crippen LogP contribution in [0.1, 0.15) is 17.2 Å². The molecule has 0 saturated carbocycles. The third kappa shape index (κ3) is 1.09. The lowest BCUT2D eigenvalue weighted by Crippen LogP contribution is -1.96. The van der Waals surface area contributed by atoms with E-state index in [2.05, 4.69) is 15.0 Å². The molecule has 0 bridgehead atoms. The molecule has 0 atom stereocenters. The van der Waals surface area contributed by atoms with Gasteiger partial charge in [0.1, 0.15) is 5.82 Å². The van der Waals surface area contributed by atoms with Gasteiger partial charge in [-0.25, -0.2) is 15.0 Å². The van der Waals surface area contributed by atoms with E-state index < -0.39 is 0 Å². The van der Waals surface area contributed by atoms with Crippen LogP contribution in [0.25, 0.3) is 11.3 Å². The average Bonchev–Trinajstić information content (AvgIpc) is 2.32. The van der Waals surface area contributed by atoms with Crippen LogP contribution >= 0.6 is 0 Å². The minimum atomic E-state index is 0.739. The molecule has 4 nitrogen and oxygen atoms in total. The summed E-state index contributed by atoms with van der Waals surface area (Å²) in [7, 11) is 1.95. The summed E-state index contributed by atoms with van der Waals surface area (Å²) < 4.78 is 1.95. The summed E-state index contributed by atoms with van der Waals surface area (Å²) in [6.07, 6.45) is 0. The zero-order valence-corrected chi connectivity index (χ0v) is 8.29. The normalized spacial score (nSPS) is 11.1. The molecule has 0 aliphatic carbocycles. The highest BCUT2D eigenvalue weighted by atomic mass is 15.1. The van der Waals surface area contributed by atoms with E-state index in [9.17, 15) is 0 Å². The smallest absolute Gasteiger partial charge is 0.197 e. The fourth-order valence-corrected chi connectivity index (χ4v) is 1.26. The standard InChI is InChI=1S/C9H12N4/c1-5-6(2)11-9-8(10-5)12-7(3)13(9)4/h1-4H3. The van der Waals surface area contributed by atoms with Crippen LogP contribution in [-0.2, 0) is 7.05 Å². The summed E-state index contributed by atoms with van der Waals surface area (Å²) in [5.74, 6) is 0.944. The van der Waals surface area contributed by atoms with Crippen LogP contribution in [0.15, 0.2) is 0 Å². The molecule has 68 valence electrons. The number of aryl methyl sites for hydroxylation is 4. The SMILES string of the molecule is Cc1nc2nc(C)n(C)c2nc1C. The van der Waals surface area contributed by atoms with Gasteiger partial charge in [0, 0.05) is 7.05 Å². The molecular formula is C9H12N4. The van der Waals surface area contributed by atoms with Crippen molar-refractivity contribution in [3.63, 3.8) is 0 Å². The Morgan fingerprint density at radius 2 is 1.54 bits per heavy atom. The lowest BCUT2D eigenvalue weighted by Gasteiger charge is -1.98. The highest BCUT2D eigenvalue weighted by Gasteiger charge is 2.08. The Morgan fingerprint density at radius 3 is 2.23 bits per heavy atom. The molecule has 0 aliphatic rings. The first-order valence-corrected chi connectivity index (χ1v) is 4.24. The van der Waals surface area contributed by atoms with Gasteiger partial charge < -0.3 is 4.57 Å². The predicted octanol–water partition coefficient (Wildman–Crippen LogP) is 1.29. The van der Waals surface area contributed by atoms with Crippen molar-refractivity contribution in [2.75, 3.05) is 0 Å². The minimum absolute atomic E-state index is 0.739. The molecular weight excluding hydrogens is 164 g/mol. The van der Waals surface area contributed by atoms with Crippen molar-refractivity contribution in [3.05, 3.63) is 17.2 Å². The lowest BCUT2D eigenvalue weighted by molar-refractivity contribution is 0.871. The van der Waals surface area contributed by atoms with E-state index in [0.717, 1.165) is 28.5 Å². The maximum Gasteiger partial charge on any atom is 0.197 e. The van der Waals surface area contributed by atoms with Gasteiger partial charge >= 0.3 is 0 Å². The van der Waals surface area contributed by atoms with Crippen LogP contribution in [0, 0.1) is 20.8 Å². The summed E-state index contributed by atoms with van der Waals surface area (Å²) in [5, 5.41) is 0. The number of imidazole rings is 1. The average molecular weight is 176 g/mol. The number of hydrogen-bond donors (Lipinski definition) is 0. The zero-order chi connectivity index (χ0) is 9.59. The first-order valence-electron chi connectivity index (χ1n) is 4.24. The highest BCUT2D eigenvalue weighted by Crippen LogP contribution is 2.11. The van der Waals surface area contributed by atoms with Crippen molar-refractivity contribution in [1.29, 1.82) is 0 Å². The largest absolute Gasteiger partial charge is 0.315 e. The second-order valence-electron chi connectivity index (χ2n) is 3.26. The molecule has 2 aromatic rings. The molecule has 0 aromatic carbocycles. The number of rotatable bonds is 0.